The maximum absolute atomic E-state index is 2.33. The van der Waals surface area contributed by atoms with Crippen LogP contribution in [-0.2, 0) is 0 Å². The summed E-state index contributed by atoms with van der Waals surface area (Å²) in [6.07, 6.45) is 30.0. The van der Waals surface area contributed by atoms with Crippen LogP contribution in [0.3, 0.4) is 0 Å². The zero-order valence-electron chi connectivity index (χ0n) is 14.9. The van der Waals surface area contributed by atoms with Crippen LogP contribution < -0.4 is 0 Å². The molecule has 0 saturated heterocycles. The molecule has 0 spiro atoms. The molecular formula is C21H40. The normalized spacial score (nSPS) is 11.9. The van der Waals surface area contributed by atoms with E-state index in [1.807, 2.05) is 0 Å². The van der Waals surface area contributed by atoms with Gasteiger partial charge in [-0.2, -0.15) is 0 Å². The molecule has 0 unspecified atom stereocenters. The van der Waals surface area contributed by atoms with Gasteiger partial charge in [0.1, 0.15) is 0 Å². The molecule has 0 aromatic rings. The summed E-state index contributed by atoms with van der Waals surface area (Å²) in [7, 11) is 0. The standard InChI is InChI=1S/C21H40/c1-3-5-7-9-11-13-15-17-19-21-20-18-16-14-12-10-8-6-4-2/h9,11,13,15H,3-8,10,12,14,16-21H2,1-2H3/b11-9-,15-13+. The van der Waals surface area contributed by atoms with E-state index in [2.05, 4.69) is 38.2 Å². The minimum Gasteiger partial charge on any atom is -0.0845 e. The fourth-order valence-corrected chi connectivity index (χ4v) is 2.60. The molecule has 0 aliphatic rings. The Labute approximate surface area is 135 Å². The summed E-state index contributed by atoms with van der Waals surface area (Å²) in [4.78, 5) is 0. The number of unbranched alkanes of at least 4 members (excludes halogenated alkanes) is 13. The highest BCUT2D eigenvalue weighted by Gasteiger charge is 1.92. The molecule has 0 heteroatoms. The van der Waals surface area contributed by atoms with Gasteiger partial charge in [-0.05, 0) is 19.3 Å². The lowest BCUT2D eigenvalue weighted by Crippen LogP contribution is -1.81. The maximum atomic E-state index is 2.33. The van der Waals surface area contributed by atoms with Crippen LogP contribution in [0.25, 0.3) is 0 Å². The van der Waals surface area contributed by atoms with Crippen molar-refractivity contribution in [3.8, 4) is 0 Å². The first-order valence-corrected chi connectivity index (χ1v) is 9.73. The lowest BCUT2D eigenvalue weighted by Gasteiger charge is -2.01. The summed E-state index contributed by atoms with van der Waals surface area (Å²) in [6, 6.07) is 0. The third-order valence-corrected chi connectivity index (χ3v) is 4.08. The minimum absolute atomic E-state index is 1.24. The molecule has 21 heavy (non-hydrogen) atoms. The fourth-order valence-electron chi connectivity index (χ4n) is 2.60. The van der Waals surface area contributed by atoms with Gasteiger partial charge in [0.25, 0.3) is 0 Å². The molecule has 0 nitrogen and oxygen atoms in total. The van der Waals surface area contributed by atoms with Crippen molar-refractivity contribution in [2.75, 3.05) is 0 Å². The predicted octanol–water partition coefficient (Wildman–Crippen LogP) is 7.99. The number of hydrogen-bond donors (Lipinski definition) is 0. The van der Waals surface area contributed by atoms with Crippen molar-refractivity contribution in [1.82, 2.24) is 0 Å². The molecule has 0 N–H and O–H groups in total. The summed E-state index contributed by atoms with van der Waals surface area (Å²) in [6.45, 7) is 4.54. The van der Waals surface area contributed by atoms with Crippen LogP contribution in [0.15, 0.2) is 24.3 Å². The van der Waals surface area contributed by atoms with Crippen LogP contribution in [0.2, 0.25) is 0 Å². The molecule has 0 atom stereocenters. The Balaban J connectivity index is 3.08. The minimum atomic E-state index is 1.24. The van der Waals surface area contributed by atoms with Crippen LogP contribution in [0, 0.1) is 0 Å². The molecule has 124 valence electrons. The van der Waals surface area contributed by atoms with E-state index < -0.39 is 0 Å². The van der Waals surface area contributed by atoms with Gasteiger partial charge in [0.2, 0.25) is 0 Å². The van der Waals surface area contributed by atoms with E-state index in [9.17, 15) is 0 Å². The Hall–Kier alpha value is -0.520. The van der Waals surface area contributed by atoms with E-state index in [4.69, 9.17) is 0 Å². The molecule has 0 radical (unpaired) electrons. The van der Waals surface area contributed by atoms with Gasteiger partial charge in [0.05, 0.1) is 0 Å². The smallest absolute Gasteiger partial charge is 0.0348 e. The summed E-state index contributed by atoms with van der Waals surface area (Å²) in [5.74, 6) is 0. The van der Waals surface area contributed by atoms with Crippen LogP contribution in [0.1, 0.15) is 110 Å². The van der Waals surface area contributed by atoms with Gasteiger partial charge >= 0.3 is 0 Å². The molecule has 0 aromatic heterocycles. The second-order valence-electron chi connectivity index (χ2n) is 6.32. The predicted molar refractivity (Wildman–Crippen MR) is 98.9 cm³/mol. The van der Waals surface area contributed by atoms with Gasteiger partial charge in [-0.1, -0.05) is 115 Å². The van der Waals surface area contributed by atoms with Crippen LogP contribution in [0.5, 0.6) is 0 Å². The Kier molecular flexibility index (Phi) is 19.0. The van der Waals surface area contributed by atoms with Crippen LogP contribution >= 0.6 is 0 Å². The summed E-state index contributed by atoms with van der Waals surface area (Å²) < 4.78 is 0. The average Bonchev–Trinajstić information content (AvgIpc) is 2.50. The number of hydrogen-bond acceptors (Lipinski definition) is 0. The topological polar surface area (TPSA) is 0 Å². The highest BCUT2D eigenvalue weighted by atomic mass is 14.0. The fraction of sp³-hybridized carbons (Fsp3) is 0.810. The first kappa shape index (κ1) is 20.5. The van der Waals surface area contributed by atoms with E-state index in [-0.39, 0.29) is 0 Å². The molecule has 0 amide bonds. The Morgan fingerprint density at radius 3 is 1.29 bits per heavy atom. The van der Waals surface area contributed by atoms with Gasteiger partial charge in [0, 0.05) is 0 Å². The SMILES string of the molecule is CCCC/C=C\C=C\CCCCCCCCCCCCC. The molecule has 0 heterocycles. The van der Waals surface area contributed by atoms with Crippen molar-refractivity contribution >= 4 is 0 Å². The zero-order chi connectivity index (χ0) is 15.4. The van der Waals surface area contributed by atoms with Crippen molar-refractivity contribution in [2.24, 2.45) is 0 Å². The molecule has 0 aliphatic heterocycles. The Morgan fingerprint density at radius 1 is 0.429 bits per heavy atom. The maximum Gasteiger partial charge on any atom is -0.0348 e. The van der Waals surface area contributed by atoms with E-state index >= 15 is 0 Å². The molecule has 0 aliphatic carbocycles. The second-order valence-corrected chi connectivity index (χ2v) is 6.32. The number of allylic oxidation sites excluding steroid dienone is 4. The van der Waals surface area contributed by atoms with Gasteiger partial charge in [-0.15, -0.1) is 0 Å². The highest BCUT2D eigenvalue weighted by molar-refractivity contribution is 5.02. The Morgan fingerprint density at radius 2 is 0.810 bits per heavy atom. The van der Waals surface area contributed by atoms with Crippen LogP contribution in [0.4, 0.5) is 0 Å². The summed E-state index contributed by atoms with van der Waals surface area (Å²) in [5, 5.41) is 0. The summed E-state index contributed by atoms with van der Waals surface area (Å²) >= 11 is 0. The Bertz CT molecular complexity index is 224. The first-order chi connectivity index (χ1) is 10.4. The van der Waals surface area contributed by atoms with Gasteiger partial charge in [-0.3, -0.25) is 0 Å². The van der Waals surface area contributed by atoms with Crippen LogP contribution in [-0.4, -0.2) is 0 Å². The molecular weight excluding hydrogens is 252 g/mol. The van der Waals surface area contributed by atoms with E-state index in [1.165, 1.54) is 96.3 Å². The van der Waals surface area contributed by atoms with Crippen molar-refractivity contribution in [1.29, 1.82) is 0 Å². The summed E-state index contributed by atoms with van der Waals surface area (Å²) in [5.41, 5.74) is 0. The molecule has 0 rings (SSSR count). The third-order valence-electron chi connectivity index (χ3n) is 4.08. The molecule has 0 fully saturated rings. The third kappa shape index (κ3) is 19.5. The van der Waals surface area contributed by atoms with Crippen molar-refractivity contribution < 1.29 is 0 Å². The lowest BCUT2D eigenvalue weighted by molar-refractivity contribution is 0.550. The van der Waals surface area contributed by atoms with Gasteiger partial charge in [-0.25, -0.2) is 0 Å². The quantitative estimate of drug-likeness (QED) is 0.200. The highest BCUT2D eigenvalue weighted by Crippen LogP contribution is 2.12. The average molecular weight is 293 g/mol. The van der Waals surface area contributed by atoms with Crippen molar-refractivity contribution in [3.63, 3.8) is 0 Å². The number of rotatable bonds is 16. The van der Waals surface area contributed by atoms with E-state index in [0.717, 1.165) is 0 Å². The molecule has 0 saturated carbocycles. The monoisotopic (exact) mass is 292 g/mol. The van der Waals surface area contributed by atoms with E-state index in [0.29, 0.717) is 0 Å². The van der Waals surface area contributed by atoms with E-state index in [1.54, 1.807) is 0 Å². The lowest BCUT2D eigenvalue weighted by atomic mass is 10.1. The second kappa shape index (κ2) is 19.5. The van der Waals surface area contributed by atoms with Crippen molar-refractivity contribution in [3.05, 3.63) is 24.3 Å². The first-order valence-electron chi connectivity index (χ1n) is 9.73. The van der Waals surface area contributed by atoms with Crippen molar-refractivity contribution in [2.45, 2.75) is 110 Å². The van der Waals surface area contributed by atoms with Gasteiger partial charge in [0.15, 0.2) is 0 Å². The largest absolute Gasteiger partial charge is 0.0845 e. The van der Waals surface area contributed by atoms with Gasteiger partial charge < -0.3 is 0 Å². The zero-order valence-corrected chi connectivity index (χ0v) is 14.9. The molecule has 0 bridgehead atoms. The molecule has 0 aromatic carbocycles.